The molecule has 1 aliphatic carbocycles. The Morgan fingerprint density at radius 2 is 2.12 bits per heavy atom. The number of rotatable bonds is 5. The molecule has 0 aromatic carbocycles. The van der Waals surface area contributed by atoms with Crippen LogP contribution in [0.4, 0.5) is 0 Å². The summed E-state index contributed by atoms with van der Waals surface area (Å²) in [6.45, 7) is 1.55. The molecule has 1 aromatic heterocycles. The van der Waals surface area contributed by atoms with E-state index in [0.29, 0.717) is 25.5 Å². The largest absolute Gasteiger partial charge is 0.467 e. The molecule has 7 nitrogen and oxygen atoms in total. The first-order valence-electron chi connectivity index (χ1n) is 8.46. The number of piperidine rings is 1. The van der Waals surface area contributed by atoms with Gasteiger partial charge in [-0.15, -0.1) is 0 Å². The second-order valence-corrected chi connectivity index (χ2v) is 9.04. The number of hydrogen-bond donors (Lipinski definition) is 1. The summed E-state index contributed by atoms with van der Waals surface area (Å²) in [5, 5.41) is 2.61. The van der Waals surface area contributed by atoms with Gasteiger partial charge < -0.3 is 14.5 Å². The van der Waals surface area contributed by atoms with Crippen LogP contribution < -0.4 is 5.32 Å². The van der Waals surface area contributed by atoms with Crippen LogP contribution in [0.3, 0.4) is 0 Å². The minimum absolute atomic E-state index is 0.0901. The van der Waals surface area contributed by atoms with Gasteiger partial charge in [0.15, 0.2) is 0 Å². The molecule has 4 rings (SSSR count). The summed E-state index contributed by atoms with van der Waals surface area (Å²) in [6.07, 6.45) is 3.65. The van der Waals surface area contributed by atoms with Crippen molar-refractivity contribution in [3.63, 3.8) is 0 Å². The molecule has 2 aliphatic heterocycles. The van der Waals surface area contributed by atoms with Gasteiger partial charge in [-0.25, -0.2) is 8.42 Å². The fourth-order valence-electron chi connectivity index (χ4n) is 3.72. The molecular weight excluding hydrogens is 332 g/mol. The van der Waals surface area contributed by atoms with Crippen LogP contribution in [0, 0.1) is 11.8 Å². The third-order valence-corrected chi connectivity index (χ3v) is 7.55. The minimum Gasteiger partial charge on any atom is -0.467 e. The monoisotopic (exact) mass is 354 g/mol. The molecule has 3 atom stereocenters. The Balaban J connectivity index is 1.48. The fraction of sp³-hybridized carbons (Fsp3) is 0.688. The number of furan rings is 1. The van der Waals surface area contributed by atoms with Crippen LogP contribution in [0.1, 0.15) is 25.0 Å². The Kier molecular flexibility index (Phi) is 4.14. The zero-order chi connectivity index (χ0) is 16.7. The smallest absolute Gasteiger partial charge is 0.225 e. The van der Waals surface area contributed by atoms with Crippen molar-refractivity contribution in [2.24, 2.45) is 11.8 Å². The van der Waals surface area contributed by atoms with E-state index in [0.717, 1.165) is 19.3 Å². The minimum atomic E-state index is -3.30. The number of fused-ring (bicyclic) bond motifs is 1. The molecule has 3 fully saturated rings. The molecule has 132 valence electrons. The first kappa shape index (κ1) is 16.1. The van der Waals surface area contributed by atoms with E-state index in [2.05, 4.69) is 5.32 Å². The zero-order valence-electron chi connectivity index (χ0n) is 13.4. The molecule has 24 heavy (non-hydrogen) atoms. The third kappa shape index (κ3) is 2.98. The Morgan fingerprint density at radius 1 is 1.29 bits per heavy atom. The lowest BCUT2D eigenvalue weighted by molar-refractivity contribution is -0.129. The SMILES string of the molecule is O=C(NCc1ccco1)[C@@H]1CN(S(=O)(=O)C2CC2)C[C@H]2OCC[C@H]21. The van der Waals surface area contributed by atoms with E-state index >= 15 is 0 Å². The van der Waals surface area contributed by atoms with Gasteiger partial charge in [0.25, 0.3) is 0 Å². The standard InChI is InChI=1S/C16H22N2O5S/c19-16(17-8-11-2-1-6-22-11)14-9-18(24(20,21)12-3-4-12)10-15-13(14)5-7-23-15/h1-2,6,12-15H,3-5,7-10H2,(H,17,19)/t13-,14+,15+/m0/s1. The second kappa shape index (κ2) is 6.16. The van der Waals surface area contributed by atoms with Crippen molar-refractivity contribution in [2.75, 3.05) is 19.7 Å². The van der Waals surface area contributed by atoms with Gasteiger partial charge in [-0.05, 0) is 31.4 Å². The van der Waals surface area contributed by atoms with Gasteiger partial charge in [-0.1, -0.05) is 0 Å². The summed E-state index contributed by atoms with van der Waals surface area (Å²) in [5.74, 6) is 0.283. The molecule has 0 spiro atoms. The highest BCUT2D eigenvalue weighted by Crippen LogP contribution is 2.38. The summed E-state index contributed by atoms with van der Waals surface area (Å²) in [6, 6.07) is 3.57. The fourth-order valence-corrected chi connectivity index (χ4v) is 5.60. The van der Waals surface area contributed by atoms with Gasteiger partial charge in [0.05, 0.1) is 30.1 Å². The van der Waals surface area contributed by atoms with Crippen molar-refractivity contribution in [1.82, 2.24) is 9.62 Å². The molecule has 3 aliphatic rings. The molecule has 0 radical (unpaired) electrons. The van der Waals surface area contributed by atoms with Crippen molar-refractivity contribution in [2.45, 2.75) is 37.2 Å². The number of carbonyl (C=O) groups excluding carboxylic acids is 1. The quantitative estimate of drug-likeness (QED) is 0.842. The van der Waals surface area contributed by atoms with Gasteiger partial charge in [-0.2, -0.15) is 4.31 Å². The number of amides is 1. The van der Waals surface area contributed by atoms with Gasteiger partial charge >= 0.3 is 0 Å². The average Bonchev–Trinajstić information content (AvgIpc) is 3.11. The number of hydrogen-bond acceptors (Lipinski definition) is 5. The maximum Gasteiger partial charge on any atom is 0.225 e. The summed E-state index contributed by atoms with van der Waals surface area (Å²) < 4.78 is 37.6. The molecule has 2 saturated heterocycles. The van der Waals surface area contributed by atoms with Gasteiger partial charge in [-0.3, -0.25) is 4.79 Å². The summed E-state index contributed by atoms with van der Waals surface area (Å²) >= 11 is 0. The number of ether oxygens (including phenoxy) is 1. The highest BCUT2D eigenvalue weighted by Gasteiger charge is 2.49. The zero-order valence-corrected chi connectivity index (χ0v) is 14.2. The molecule has 3 heterocycles. The summed E-state index contributed by atoms with van der Waals surface area (Å²) in [5.41, 5.74) is 0. The summed E-state index contributed by atoms with van der Waals surface area (Å²) in [7, 11) is -3.30. The molecular formula is C16H22N2O5S. The highest BCUT2D eigenvalue weighted by molar-refractivity contribution is 7.90. The normalized spacial score (nSPS) is 30.9. The Morgan fingerprint density at radius 3 is 2.83 bits per heavy atom. The number of carbonyl (C=O) groups is 1. The molecule has 1 aromatic rings. The first-order chi connectivity index (χ1) is 11.6. The lowest BCUT2D eigenvalue weighted by Crippen LogP contribution is -2.54. The molecule has 1 amide bonds. The maximum absolute atomic E-state index is 12.7. The van der Waals surface area contributed by atoms with Gasteiger partial charge in [0.1, 0.15) is 5.76 Å². The van der Waals surface area contributed by atoms with Crippen LogP contribution in [0.5, 0.6) is 0 Å². The molecule has 8 heteroatoms. The number of nitrogens with one attached hydrogen (secondary N) is 1. The van der Waals surface area contributed by atoms with Crippen LogP contribution in [-0.2, 0) is 26.1 Å². The Labute approximate surface area is 141 Å². The third-order valence-electron chi connectivity index (χ3n) is 5.22. The Hall–Kier alpha value is -1.38. The van der Waals surface area contributed by atoms with Crippen LogP contribution in [0.25, 0.3) is 0 Å². The topological polar surface area (TPSA) is 88.9 Å². The Bertz CT molecular complexity index is 698. The lowest BCUT2D eigenvalue weighted by atomic mass is 9.83. The van der Waals surface area contributed by atoms with E-state index in [-0.39, 0.29) is 35.6 Å². The number of sulfonamides is 1. The maximum atomic E-state index is 12.7. The predicted molar refractivity (Wildman–Crippen MR) is 85.4 cm³/mol. The van der Waals surface area contributed by atoms with Crippen molar-refractivity contribution >= 4 is 15.9 Å². The van der Waals surface area contributed by atoms with Crippen molar-refractivity contribution < 1.29 is 22.4 Å². The molecule has 0 unspecified atom stereocenters. The number of nitrogens with zero attached hydrogens (tertiary/aromatic N) is 1. The molecule has 1 saturated carbocycles. The molecule has 1 N–H and O–H groups in total. The lowest BCUT2D eigenvalue weighted by Gasteiger charge is -2.38. The summed E-state index contributed by atoms with van der Waals surface area (Å²) in [4.78, 5) is 12.7. The van der Waals surface area contributed by atoms with E-state index in [4.69, 9.17) is 9.15 Å². The van der Waals surface area contributed by atoms with E-state index < -0.39 is 10.0 Å². The van der Waals surface area contributed by atoms with Crippen LogP contribution >= 0.6 is 0 Å². The van der Waals surface area contributed by atoms with Crippen molar-refractivity contribution in [3.8, 4) is 0 Å². The van der Waals surface area contributed by atoms with Gasteiger partial charge in [0, 0.05) is 25.6 Å². The van der Waals surface area contributed by atoms with Crippen molar-refractivity contribution in [3.05, 3.63) is 24.2 Å². The second-order valence-electron chi connectivity index (χ2n) is 6.83. The van der Waals surface area contributed by atoms with E-state index in [1.165, 1.54) is 4.31 Å². The molecule has 0 bridgehead atoms. The average molecular weight is 354 g/mol. The van der Waals surface area contributed by atoms with Crippen LogP contribution in [0.15, 0.2) is 22.8 Å². The first-order valence-corrected chi connectivity index (χ1v) is 9.96. The van der Waals surface area contributed by atoms with E-state index in [1.54, 1.807) is 18.4 Å². The van der Waals surface area contributed by atoms with E-state index in [9.17, 15) is 13.2 Å². The van der Waals surface area contributed by atoms with Crippen LogP contribution in [-0.4, -0.2) is 49.7 Å². The van der Waals surface area contributed by atoms with Crippen LogP contribution in [0.2, 0.25) is 0 Å². The van der Waals surface area contributed by atoms with E-state index in [1.807, 2.05) is 0 Å². The predicted octanol–water partition coefficient (Wildman–Crippen LogP) is 0.725. The van der Waals surface area contributed by atoms with Gasteiger partial charge in [0.2, 0.25) is 15.9 Å². The van der Waals surface area contributed by atoms with Crippen molar-refractivity contribution in [1.29, 1.82) is 0 Å². The highest BCUT2D eigenvalue weighted by atomic mass is 32.2.